The highest BCUT2D eigenvalue weighted by atomic mass is 35.5. The molecular weight excluding hydrogens is 388 g/mol. The number of rotatable bonds is 9. The third-order valence-corrected chi connectivity index (χ3v) is 6.66. The van der Waals surface area contributed by atoms with Gasteiger partial charge in [0.1, 0.15) is 5.75 Å². The fourth-order valence-electron chi connectivity index (χ4n) is 3.11. The van der Waals surface area contributed by atoms with Gasteiger partial charge in [-0.2, -0.15) is 0 Å². The molecule has 1 heterocycles. The van der Waals surface area contributed by atoms with Crippen molar-refractivity contribution in [1.29, 1.82) is 0 Å². The van der Waals surface area contributed by atoms with Crippen LogP contribution in [0.5, 0.6) is 5.75 Å². The fraction of sp³-hybridized carbons (Fsp3) is 0.632. The summed E-state index contributed by atoms with van der Waals surface area (Å²) in [6.07, 6.45) is 3.00. The number of carbonyl (C=O) groups excluding carboxylic acids is 1. The molecule has 1 aliphatic heterocycles. The number of halogens is 1. The summed E-state index contributed by atoms with van der Waals surface area (Å²) in [6.45, 7) is 5.42. The summed E-state index contributed by atoms with van der Waals surface area (Å²) in [5, 5.41) is 0.706. The largest absolute Gasteiger partial charge is 0.494 e. The molecule has 1 N–H and O–H groups in total. The van der Waals surface area contributed by atoms with Gasteiger partial charge in [0, 0.05) is 30.6 Å². The number of nitrogens with one attached hydrogen (secondary N) is 1. The Labute approximate surface area is 167 Å². The molecule has 27 heavy (non-hydrogen) atoms. The topological polar surface area (TPSA) is 75.7 Å². The molecule has 0 aliphatic carbocycles. The number of aryl methyl sites for hydroxylation is 1. The predicted octanol–water partition coefficient (Wildman–Crippen LogP) is 3.13. The zero-order valence-electron chi connectivity index (χ0n) is 16.0. The van der Waals surface area contributed by atoms with E-state index in [2.05, 4.69) is 4.72 Å². The lowest BCUT2D eigenvalue weighted by Crippen LogP contribution is -2.46. The van der Waals surface area contributed by atoms with Crippen LogP contribution in [0.3, 0.4) is 0 Å². The maximum absolute atomic E-state index is 12.3. The van der Waals surface area contributed by atoms with Crippen molar-refractivity contribution in [3.63, 3.8) is 0 Å². The summed E-state index contributed by atoms with van der Waals surface area (Å²) in [7, 11) is -3.20. The first-order valence-electron chi connectivity index (χ1n) is 9.47. The Morgan fingerprint density at radius 1 is 1.33 bits per heavy atom. The minimum absolute atomic E-state index is 0.0675. The summed E-state index contributed by atoms with van der Waals surface area (Å²) in [5.74, 6) is 1.00. The van der Waals surface area contributed by atoms with Gasteiger partial charge in [0.25, 0.3) is 0 Å². The highest BCUT2D eigenvalue weighted by Crippen LogP contribution is 2.21. The molecular formula is C19H29ClN2O4S. The number of nitrogens with zero attached hydrogens (tertiary/aromatic N) is 1. The van der Waals surface area contributed by atoms with Crippen LogP contribution in [0, 0.1) is 6.92 Å². The number of hydrogen-bond donors (Lipinski definition) is 1. The first-order chi connectivity index (χ1) is 12.8. The SMILES string of the molecule is CCCS(=O)(=O)NC1CCN(C(=O)CCCOc2ccc(Cl)c(C)c2)CC1. The average Bonchev–Trinajstić information content (AvgIpc) is 2.61. The standard InChI is InChI=1S/C19H29ClN2O4S/c1-3-13-27(24,25)21-16-8-10-22(11-9-16)19(23)5-4-12-26-17-6-7-18(20)15(2)14-17/h6-7,14,16,21H,3-5,8-13H2,1-2H3. The van der Waals surface area contributed by atoms with Crippen LogP contribution in [0.15, 0.2) is 18.2 Å². The number of ether oxygens (including phenoxy) is 1. The van der Waals surface area contributed by atoms with Crippen LogP contribution < -0.4 is 9.46 Å². The molecule has 1 fully saturated rings. The zero-order chi connectivity index (χ0) is 19.9. The van der Waals surface area contributed by atoms with Crippen molar-refractivity contribution in [2.24, 2.45) is 0 Å². The van der Waals surface area contributed by atoms with E-state index in [1.165, 1.54) is 0 Å². The number of benzene rings is 1. The third-order valence-electron chi connectivity index (χ3n) is 4.60. The average molecular weight is 417 g/mol. The summed E-state index contributed by atoms with van der Waals surface area (Å²) in [4.78, 5) is 14.1. The van der Waals surface area contributed by atoms with Gasteiger partial charge in [0.05, 0.1) is 12.4 Å². The van der Waals surface area contributed by atoms with Crippen LogP contribution in [0.4, 0.5) is 0 Å². The minimum Gasteiger partial charge on any atom is -0.494 e. The molecule has 0 saturated carbocycles. The van der Waals surface area contributed by atoms with Crippen molar-refractivity contribution in [3.05, 3.63) is 28.8 Å². The van der Waals surface area contributed by atoms with Gasteiger partial charge in [-0.3, -0.25) is 4.79 Å². The molecule has 1 aromatic rings. The van der Waals surface area contributed by atoms with Gasteiger partial charge in [-0.1, -0.05) is 18.5 Å². The zero-order valence-corrected chi connectivity index (χ0v) is 17.6. The second-order valence-corrected chi connectivity index (χ2v) is 9.24. The van der Waals surface area contributed by atoms with Crippen molar-refractivity contribution in [1.82, 2.24) is 9.62 Å². The fourth-order valence-corrected chi connectivity index (χ4v) is 4.62. The van der Waals surface area contributed by atoms with E-state index in [1.54, 1.807) is 6.07 Å². The number of sulfonamides is 1. The molecule has 1 saturated heterocycles. The Kier molecular flexibility index (Phi) is 8.38. The minimum atomic E-state index is -3.20. The molecule has 1 aromatic carbocycles. The van der Waals surface area contributed by atoms with Crippen molar-refractivity contribution >= 4 is 27.5 Å². The second-order valence-electron chi connectivity index (χ2n) is 6.95. The van der Waals surface area contributed by atoms with E-state index in [-0.39, 0.29) is 17.7 Å². The smallest absolute Gasteiger partial charge is 0.222 e. The van der Waals surface area contributed by atoms with E-state index in [0.29, 0.717) is 56.8 Å². The summed E-state index contributed by atoms with van der Waals surface area (Å²) < 4.78 is 32.1. The predicted molar refractivity (Wildman–Crippen MR) is 108 cm³/mol. The van der Waals surface area contributed by atoms with Crippen LogP contribution in [-0.4, -0.2) is 50.7 Å². The monoisotopic (exact) mass is 416 g/mol. The van der Waals surface area contributed by atoms with Crippen molar-refractivity contribution < 1.29 is 17.9 Å². The lowest BCUT2D eigenvalue weighted by atomic mass is 10.1. The lowest BCUT2D eigenvalue weighted by Gasteiger charge is -2.32. The van der Waals surface area contributed by atoms with Crippen LogP contribution in [0.2, 0.25) is 5.02 Å². The first kappa shape index (κ1) is 22.0. The van der Waals surface area contributed by atoms with E-state index in [9.17, 15) is 13.2 Å². The molecule has 2 rings (SSSR count). The van der Waals surface area contributed by atoms with E-state index < -0.39 is 10.0 Å². The van der Waals surface area contributed by atoms with E-state index >= 15 is 0 Å². The molecule has 0 radical (unpaired) electrons. The summed E-state index contributed by atoms with van der Waals surface area (Å²) >= 11 is 5.99. The van der Waals surface area contributed by atoms with Crippen LogP contribution in [0.1, 0.15) is 44.6 Å². The number of piperidine rings is 1. The van der Waals surface area contributed by atoms with Gasteiger partial charge in [-0.05, 0) is 56.4 Å². The molecule has 1 amide bonds. The highest BCUT2D eigenvalue weighted by molar-refractivity contribution is 7.89. The second kappa shape index (κ2) is 10.3. The van der Waals surface area contributed by atoms with Crippen LogP contribution in [0.25, 0.3) is 0 Å². The Morgan fingerprint density at radius 2 is 2.04 bits per heavy atom. The quantitative estimate of drug-likeness (QED) is 0.627. The lowest BCUT2D eigenvalue weighted by molar-refractivity contribution is -0.132. The van der Waals surface area contributed by atoms with E-state index in [0.717, 1.165) is 11.3 Å². The molecule has 6 nitrogen and oxygen atoms in total. The third kappa shape index (κ3) is 7.31. The number of amides is 1. The first-order valence-corrected chi connectivity index (χ1v) is 11.5. The van der Waals surface area contributed by atoms with Crippen molar-refractivity contribution in [2.75, 3.05) is 25.4 Å². The molecule has 0 aromatic heterocycles. The van der Waals surface area contributed by atoms with Crippen molar-refractivity contribution in [3.8, 4) is 5.75 Å². The highest BCUT2D eigenvalue weighted by Gasteiger charge is 2.25. The summed E-state index contributed by atoms with van der Waals surface area (Å²) in [5.41, 5.74) is 0.961. The Morgan fingerprint density at radius 3 is 2.67 bits per heavy atom. The van der Waals surface area contributed by atoms with Crippen molar-refractivity contribution in [2.45, 2.75) is 52.0 Å². The molecule has 8 heteroatoms. The molecule has 0 atom stereocenters. The molecule has 0 bridgehead atoms. The van der Waals surface area contributed by atoms with Gasteiger partial charge in [0.2, 0.25) is 15.9 Å². The molecule has 0 unspecified atom stereocenters. The van der Waals surface area contributed by atoms with Crippen LogP contribution in [-0.2, 0) is 14.8 Å². The maximum Gasteiger partial charge on any atom is 0.222 e. The maximum atomic E-state index is 12.3. The molecule has 0 spiro atoms. The van der Waals surface area contributed by atoms with Crippen LogP contribution >= 0.6 is 11.6 Å². The Bertz CT molecular complexity index is 731. The van der Waals surface area contributed by atoms with Gasteiger partial charge in [0.15, 0.2) is 0 Å². The Hall–Kier alpha value is -1.31. The van der Waals surface area contributed by atoms with E-state index in [1.807, 2.05) is 30.9 Å². The molecule has 1 aliphatic rings. The van der Waals surface area contributed by atoms with Gasteiger partial charge >= 0.3 is 0 Å². The summed E-state index contributed by atoms with van der Waals surface area (Å²) in [6, 6.07) is 5.44. The Balaban J connectivity index is 1.66. The van der Waals surface area contributed by atoms with Gasteiger partial charge < -0.3 is 9.64 Å². The number of carbonyl (C=O) groups is 1. The number of hydrogen-bond acceptors (Lipinski definition) is 4. The van der Waals surface area contributed by atoms with Gasteiger partial charge in [-0.25, -0.2) is 13.1 Å². The van der Waals surface area contributed by atoms with Gasteiger partial charge in [-0.15, -0.1) is 0 Å². The molecule has 152 valence electrons. The van der Waals surface area contributed by atoms with E-state index in [4.69, 9.17) is 16.3 Å². The normalized spacial score (nSPS) is 15.7. The number of likely N-dealkylation sites (tertiary alicyclic amines) is 1.